The molecule has 0 saturated heterocycles. The number of benzene rings is 4. The van der Waals surface area contributed by atoms with Crippen LogP contribution in [0.3, 0.4) is 0 Å². The van der Waals surface area contributed by atoms with Crippen LogP contribution in [0.5, 0.6) is 0 Å². The molecule has 2 aliphatic rings. The molecule has 2 unspecified atom stereocenters. The van der Waals surface area contributed by atoms with E-state index in [-0.39, 0.29) is 24.5 Å². The lowest BCUT2D eigenvalue weighted by Crippen LogP contribution is -2.41. The molecule has 1 amide bonds. The van der Waals surface area contributed by atoms with E-state index in [1.54, 1.807) is 4.68 Å². The zero-order chi connectivity index (χ0) is 34.5. The van der Waals surface area contributed by atoms with Crippen molar-refractivity contribution in [2.24, 2.45) is 0 Å². The lowest BCUT2D eigenvalue weighted by atomic mass is 9.98. The second-order valence-corrected chi connectivity index (χ2v) is 14.2. The van der Waals surface area contributed by atoms with Crippen molar-refractivity contribution in [2.45, 2.75) is 65.0 Å². The molecule has 8 nitrogen and oxygen atoms in total. The number of carbonyl (C=O) groups excluding carboxylic acids is 1. The smallest absolute Gasteiger partial charge is 0.244 e. The highest BCUT2D eigenvalue weighted by Gasteiger charge is 2.34. The van der Waals surface area contributed by atoms with Gasteiger partial charge in [0.15, 0.2) is 0 Å². The first-order valence-electron chi connectivity index (χ1n) is 18.2. The molecule has 7 aromatic rings. The Labute approximate surface area is 298 Å². The number of para-hydroxylation sites is 2. The van der Waals surface area contributed by atoms with E-state index in [0.717, 1.165) is 38.2 Å². The average Bonchev–Trinajstić information content (AvgIpc) is 3.84. The number of fused-ring (bicyclic) bond motifs is 6. The van der Waals surface area contributed by atoms with Gasteiger partial charge in [0, 0.05) is 72.0 Å². The van der Waals surface area contributed by atoms with Crippen LogP contribution in [-0.2, 0) is 43.8 Å². The lowest BCUT2D eigenvalue weighted by molar-refractivity contribution is -0.134. The number of nitrogens with zero attached hydrogens (tertiary/aromatic N) is 7. The third-order valence-corrected chi connectivity index (χ3v) is 11.2. The minimum Gasteiger partial charge on any atom is -0.338 e. The summed E-state index contributed by atoms with van der Waals surface area (Å²) in [5, 5.41) is 11.7. The summed E-state index contributed by atoms with van der Waals surface area (Å²) < 4.78 is 6.66. The summed E-state index contributed by atoms with van der Waals surface area (Å²) >= 11 is 0. The van der Waals surface area contributed by atoms with Gasteiger partial charge in [0.05, 0.1) is 17.9 Å². The zero-order valence-electron chi connectivity index (χ0n) is 29.3. The Balaban J connectivity index is 0.927. The van der Waals surface area contributed by atoms with E-state index in [4.69, 9.17) is 0 Å². The molecule has 3 aromatic heterocycles. The summed E-state index contributed by atoms with van der Waals surface area (Å²) in [6.45, 7) is 8.61. The molecule has 0 bridgehead atoms. The molecule has 0 spiro atoms. The number of amides is 1. The summed E-state index contributed by atoms with van der Waals surface area (Å²) in [5.41, 5.74) is 11.4. The van der Waals surface area contributed by atoms with Gasteiger partial charge in [0.2, 0.25) is 5.91 Å². The van der Waals surface area contributed by atoms with Gasteiger partial charge in [-0.1, -0.05) is 102 Å². The van der Waals surface area contributed by atoms with Crippen molar-refractivity contribution in [1.29, 1.82) is 0 Å². The normalized spacial score (nSPS) is 17.6. The summed E-state index contributed by atoms with van der Waals surface area (Å²) in [6.07, 6.45) is 3.79. The number of hydrogen-bond acceptors (Lipinski definition) is 4. The van der Waals surface area contributed by atoms with E-state index in [9.17, 15) is 4.79 Å². The first-order valence-corrected chi connectivity index (χ1v) is 18.2. The molecule has 0 fully saturated rings. The van der Waals surface area contributed by atoms with Crippen LogP contribution in [0.25, 0.3) is 21.8 Å². The molecular formula is C43H43N7O. The largest absolute Gasteiger partial charge is 0.338 e. The van der Waals surface area contributed by atoms with Crippen molar-refractivity contribution in [3.05, 3.63) is 155 Å². The van der Waals surface area contributed by atoms with E-state index < -0.39 is 0 Å². The maximum absolute atomic E-state index is 13.9. The van der Waals surface area contributed by atoms with Crippen molar-refractivity contribution < 1.29 is 4.79 Å². The van der Waals surface area contributed by atoms with Crippen LogP contribution < -0.4 is 0 Å². The quantitative estimate of drug-likeness (QED) is 0.167. The van der Waals surface area contributed by atoms with E-state index in [2.05, 4.69) is 147 Å². The Morgan fingerprint density at radius 1 is 0.647 bits per heavy atom. The molecule has 51 heavy (non-hydrogen) atoms. The van der Waals surface area contributed by atoms with Gasteiger partial charge in [0.1, 0.15) is 6.54 Å². The van der Waals surface area contributed by atoms with Crippen LogP contribution in [0.1, 0.15) is 65.3 Å². The van der Waals surface area contributed by atoms with Gasteiger partial charge in [-0.05, 0) is 61.1 Å². The van der Waals surface area contributed by atoms with Gasteiger partial charge in [-0.3, -0.25) is 9.69 Å². The Morgan fingerprint density at radius 2 is 1.18 bits per heavy atom. The predicted molar refractivity (Wildman–Crippen MR) is 201 cm³/mol. The Hall–Kier alpha value is -5.47. The molecule has 2 aliphatic heterocycles. The fraction of sp³-hybridized carbons (Fsp3) is 0.279. The van der Waals surface area contributed by atoms with Crippen LogP contribution in [0.4, 0.5) is 0 Å². The van der Waals surface area contributed by atoms with Crippen molar-refractivity contribution in [2.75, 3.05) is 13.1 Å². The van der Waals surface area contributed by atoms with Gasteiger partial charge in [-0.15, -0.1) is 5.10 Å². The molecule has 2 atom stereocenters. The topological polar surface area (TPSA) is 64.1 Å². The SMILES string of the molecule is CC1c2c(c3ccccc3n2Cc2ccccc2)CCN1Cc1cn(CC(=O)N2CCc3c(n(Cc4ccccc4)c4ccccc34)C2C)nn1. The van der Waals surface area contributed by atoms with Gasteiger partial charge in [0.25, 0.3) is 0 Å². The van der Waals surface area contributed by atoms with Crippen LogP contribution in [0, 0.1) is 0 Å². The van der Waals surface area contributed by atoms with Crippen LogP contribution in [0.15, 0.2) is 115 Å². The van der Waals surface area contributed by atoms with Gasteiger partial charge >= 0.3 is 0 Å². The molecular weight excluding hydrogens is 631 g/mol. The molecule has 0 N–H and O–H groups in total. The minimum absolute atomic E-state index is 0.0496. The average molecular weight is 674 g/mol. The zero-order valence-corrected chi connectivity index (χ0v) is 29.3. The number of carbonyl (C=O) groups is 1. The summed E-state index contributed by atoms with van der Waals surface area (Å²) in [5.74, 6) is 0.0718. The van der Waals surface area contributed by atoms with Crippen LogP contribution in [-0.4, -0.2) is 52.9 Å². The van der Waals surface area contributed by atoms with Crippen molar-refractivity contribution in [1.82, 2.24) is 33.9 Å². The standard InChI is InChI=1S/C43H43N7O/c1-30-42-37(35-17-9-11-19-39(35)49(42)25-32-13-5-3-6-14-32)21-23-46(30)27-34-28-47(45-44-34)29-41(51)48-24-22-38-36-18-10-12-20-40(36)50(43(38)31(48)2)26-33-15-7-4-8-16-33/h3-20,28,30-31H,21-27,29H2,1-2H3. The second kappa shape index (κ2) is 13.0. The van der Waals surface area contributed by atoms with Gasteiger partial charge in [-0.25, -0.2) is 4.68 Å². The maximum atomic E-state index is 13.9. The molecule has 8 heteroatoms. The van der Waals surface area contributed by atoms with E-state index in [0.29, 0.717) is 13.1 Å². The van der Waals surface area contributed by atoms with Crippen molar-refractivity contribution in [3.63, 3.8) is 0 Å². The van der Waals surface area contributed by atoms with Gasteiger partial charge in [-0.2, -0.15) is 0 Å². The predicted octanol–water partition coefficient (Wildman–Crippen LogP) is 7.55. The molecule has 9 rings (SSSR count). The number of rotatable bonds is 8. The fourth-order valence-corrected chi connectivity index (χ4v) is 8.82. The maximum Gasteiger partial charge on any atom is 0.244 e. The highest BCUT2D eigenvalue weighted by atomic mass is 16.2. The van der Waals surface area contributed by atoms with Crippen molar-refractivity contribution in [3.8, 4) is 0 Å². The van der Waals surface area contributed by atoms with E-state index >= 15 is 0 Å². The molecule has 0 saturated carbocycles. The summed E-state index contributed by atoms with van der Waals surface area (Å²) in [4.78, 5) is 18.5. The summed E-state index contributed by atoms with van der Waals surface area (Å²) in [6, 6.07) is 39.0. The lowest BCUT2D eigenvalue weighted by Gasteiger charge is -2.35. The first kappa shape index (κ1) is 31.5. The van der Waals surface area contributed by atoms with E-state index in [1.807, 2.05) is 11.1 Å². The molecule has 0 radical (unpaired) electrons. The molecule has 256 valence electrons. The van der Waals surface area contributed by atoms with Crippen LogP contribution >= 0.6 is 0 Å². The summed E-state index contributed by atoms with van der Waals surface area (Å²) in [7, 11) is 0. The fourth-order valence-electron chi connectivity index (χ4n) is 8.82. The Kier molecular flexibility index (Phi) is 8.04. The third-order valence-electron chi connectivity index (χ3n) is 11.2. The minimum atomic E-state index is -0.0496. The molecule has 5 heterocycles. The van der Waals surface area contributed by atoms with E-state index in [1.165, 1.54) is 55.4 Å². The second-order valence-electron chi connectivity index (χ2n) is 14.2. The molecule has 0 aliphatic carbocycles. The first-order chi connectivity index (χ1) is 25.0. The van der Waals surface area contributed by atoms with Crippen LogP contribution in [0.2, 0.25) is 0 Å². The highest BCUT2D eigenvalue weighted by molar-refractivity contribution is 5.88. The van der Waals surface area contributed by atoms with Gasteiger partial charge < -0.3 is 14.0 Å². The monoisotopic (exact) mass is 673 g/mol. The van der Waals surface area contributed by atoms with Crippen molar-refractivity contribution >= 4 is 27.7 Å². The number of hydrogen-bond donors (Lipinski definition) is 0. The highest BCUT2D eigenvalue weighted by Crippen LogP contribution is 2.39. The third kappa shape index (κ3) is 5.64. The number of aromatic nitrogens is 5. The Morgan fingerprint density at radius 3 is 1.78 bits per heavy atom. The Bertz CT molecular complexity index is 2350. The molecule has 4 aromatic carbocycles.